The molecule has 0 heterocycles. The van der Waals surface area contributed by atoms with Crippen LogP contribution in [0.4, 0.5) is 0 Å². The van der Waals surface area contributed by atoms with Crippen LogP contribution in [0.2, 0.25) is 0 Å². The van der Waals surface area contributed by atoms with Crippen LogP contribution in [0.5, 0.6) is 0 Å². The molecule has 1 unspecified atom stereocenters. The van der Waals surface area contributed by atoms with E-state index in [2.05, 4.69) is 13.8 Å². The first-order valence-electron chi connectivity index (χ1n) is 10.5. The van der Waals surface area contributed by atoms with Crippen molar-refractivity contribution in [2.45, 2.75) is 77.7 Å². The van der Waals surface area contributed by atoms with E-state index in [1.807, 2.05) is 0 Å². The van der Waals surface area contributed by atoms with Crippen LogP contribution < -0.4 is 0 Å². The minimum Gasteiger partial charge on any atom is -0.393 e. The summed E-state index contributed by atoms with van der Waals surface area (Å²) in [6, 6.07) is 0. The van der Waals surface area contributed by atoms with Crippen molar-refractivity contribution in [1.82, 2.24) is 0 Å². The number of aliphatic hydroxyl groups excluding tert-OH is 1. The third-order valence-corrected chi connectivity index (χ3v) is 10.3. The van der Waals surface area contributed by atoms with Crippen LogP contribution in [0, 0.1) is 40.4 Å². The standard InChI is InChI=1S/C21H36O3S/c1-20-10-8-16(22)12-14(20)4-6-17-18-7-5-15(13-25(3,23)24)21(18,2)11-9-19(17)20/h14-19,22H,4-13H2,1-3H3/t14-,15?,16+,17-,18-,19-,20-,21+/m0/s1. The van der Waals surface area contributed by atoms with Crippen molar-refractivity contribution in [2.75, 3.05) is 12.0 Å². The normalized spacial score (nSPS) is 53.0. The van der Waals surface area contributed by atoms with Gasteiger partial charge in [-0.25, -0.2) is 8.42 Å². The van der Waals surface area contributed by atoms with Gasteiger partial charge in [-0.2, -0.15) is 0 Å². The highest BCUT2D eigenvalue weighted by Gasteiger charge is 2.60. The molecule has 0 spiro atoms. The zero-order valence-electron chi connectivity index (χ0n) is 16.2. The van der Waals surface area contributed by atoms with Crippen molar-refractivity contribution in [3.63, 3.8) is 0 Å². The molecule has 4 fully saturated rings. The highest BCUT2D eigenvalue weighted by atomic mass is 32.2. The highest BCUT2D eigenvalue weighted by Crippen LogP contribution is 2.67. The highest BCUT2D eigenvalue weighted by molar-refractivity contribution is 7.90. The van der Waals surface area contributed by atoms with E-state index in [-0.39, 0.29) is 11.5 Å². The third kappa shape index (κ3) is 2.90. The molecular weight excluding hydrogens is 332 g/mol. The molecule has 0 aromatic heterocycles. The van der Waals surface area contributed by atoms with Gasteiger partial charge in [0.15, 0.2) is 0 Å². The van der Waals surface area contributed by atoms with Crippen molar-refractivity contribution < 1.29 is 13.5 Å². The molecule has 4 aliphatic carbocycles. The van der Waals surface area contributed by atoms with E-state index in [1.165, 1.54) is 44.8 Å². The molecule has 0 bridgehead atoms. The summed E-state index contributed by atoms with van der Waals surface area (Å²) in [5.74, 6) is 3.78. The Bertz CT molecular complexity index is 629. The predicted molar refractivity (Wildman–Crippen MR) is 101 cm³/mol. The molecule has 144 valence electrons. The molecule has 1 N–H and O–H groups in total. The molecule has 0 aromatic carbocycles. The number of fused-ring (bicyclic) bond motifs is 5. The van der Waals surface area contributed by atoms with E-state index >= 15 is 0 Å². The van der Waals surface area contributed by atoms with Gasteiger partial charge in [-0.15, -0.1) is 0 Å². The molecular formula is C21H36O3S. The Balaban J connectivity index is 1.58. The van der Waals surface area contributed by atoms with Crippen LogP contribution in [0.15, 0.2) is 0 Å². The van der Waals surface area contributed by atoms with E-state index in [4.69, 9.17) is 0 Å². The molecule has 25 heavy (non-hydrogen) atoms. The van der Waals surface area contributed by atoms with Crippen molar-refractivity contribution in [3.05, 3.63) is 0 Å². The van der Waals surface area contributed by atoms with Gasteiger partial charge in [0.25, 0.3) is 0 Å². The second-order valence-electron chi connectivity index (χ2n) is 10.5. The molecule has 8 atom stereocenters. The first-order valence-corrected chi connectivity index (χ1v) is 12.6. The quantitative estimate of drug-likeness (QED) is 0.800. The average molecular weight is 369 g/mol. The maximum atomic E-state index is 11.9. The largest absolute Gasteiger partial charge is 0.393 e. The number of sulfone groups is 1. The smallest absolute Gasteiger partial charge is 0.147 e. The van der Waals surface area contributed by atoms with Gasteiger partial charge in [-0.1, -0.05) is 13.8 Å². The van der Waals surface area contributed by atoms with Crippen LogP contribution in [0.3, 0.4) is 0 Å². The Morgan fingerprint density at radius 3 is 2.32 bits per heavy atom. The molecule has 3 nitrogen and oxygen atoms in total. The predicted octanol–water partition coefficient (Wildman–Crippen LogP) is 4.05. The topological polar surface area (TPSA) is 54.4 Å². The van der Waals surface area contributed by atoms with Crippen molar-refractivity contribution >= 4 is 9.84 Å². The van der Waals surface area contributed by atoms with E-state index in [0.29, 0.717) is 23.0 Å². The first-order chi connectivity index (χ1) is 11.6. The second kappa shape index (κ2) is 5.95. The van der Waals surface area contributed by atoms with E-state index in [0.717, 1.165) is 37.0 Å². The molecule has 4 aliphatic rings. The first kappa shape index (κ1) is 18.3. The Morgan fingerprint density at radius 2 is 1.60 bits per heavy atom. The number of rotatable bonds is 2. The van der Waals surface area contributed by atoms with Crippen LogP contribution in [0.1, 0.15) is 71.6 Å². The minimum absolute atomic E-state index is 0.0749. The van der Waals surface area contributed by atoms with Crippen LogP contribution in [-0.2, 0) is 9.84 Å². The van der Waals surface area contributed by atoms with Crippen LogP contribution in [0.25, 0.3) is 0 Å². The van der Waals surface area contributed by atoms with Crippen LogP contribution >= 0.6 is 0 Å². The third-order valence-electron chi connectivity index (χ3n) is 9.34. The van der Waals surface area contributed by atoms with Gasteiger partial charge in [0.05, 0.1) is 11.9 Å². The molecule has 4 heteroatoms. The molecule has 4 rings (SSSR count). The fourth-order valence-electron chi connectivity index (χ4n) is 7.98. The maximum absolute atomic E-state index is 11.9. The lowest BCUT2D eigenvalue weighted by molar-refractivity contribution is -0.125. The number of hydrogen-bond acceptors (Lipinski definition) is 3. The fraction of sp³-hybridized carbons (Fsp3) is 1.00. The maximum Gasteiger partial charge on any atom is 0.147 e. The van der Waals surface area contributed by atoms with E-state index < -0.39 is 9.84 Å². The molecule has 0 aromatic rings. The zero-order chi connectivity index (χ0) is 18.0. The van der Waals surface area contributed by atoms with Gasteiger partial charge in [0.2, 0.25) is 0 Å². The summed E-state index contributed by atoms with van der Waals surface area (Å²) < 4.78 is 23.9. The van der Waals surface area contributed by atoms with Crippen LogP contribution in [-0.4, -0.2) is 31.6 Å². The molecule has 0 radical (unpaired) electrons. The van der Waals surface area contributed by atoms with Gasteiger partial charge in [0.1, 0.15) is 9.84 Å². The second-order valence-corrected chi connectivity index (χ2v) is 12.7. The average Bonchev–Trinajstić information content (AvgIpc) is 2.83. The lowest BCUT2D eigenvalue weighted by atomic mass is 9.45. The van der Waals surface area contributed by atoms with Crippen molar-refractivity contribution in [2.24, 2.45) is 40.4 Å². The number of aliphatic hydroxyl groups is 1. The molecule has 0 aliphatic heterocycles. The Morgan fingerprint density at radius 1 is 0.920 bits per heavy atom. The van der Waals surface area contributed by atoms with Gasteiger partial charge in [-0.3, -0.25) is 0 Å². The van der Waals surface area contributed by atoms with Gasteiger partial charge in [0, 0.05) is 6.26 Å². The Labute approximate surface area is 153 Å². The minimum atomic E-state index is -2.89. The van der Waals surface area contributed by atoms with Crippen molar-refractivity contribution in [3.8, 4) is 0 Å². The lowest BCUT2D eigenvalue weighted by Crippen LogP contribution is -2.54. The van der Waals surface area contributed by atoms with Gasteiger partial charge in [-0.05, 0) is 98.2 Å². The Kier molecular flexibility index (Phi) is 4.35. The molecule has 0 saturated heterocycles. The summed E-state index contributed by atoms with van der Waals surface area (Å²) in [4.78, 5) is 0. The fourth-order valence-corrected chi connectivity index (χ4v) is 9.26. The van der Waals surface area contributed by atoms with E-state index in [9.17, 15) is 13.5 Å². The van der Waals surface area contributed by atoms with Crippen molar-refractivity contribution in [1.29, 1.82) is 0 Å². The summed E-state index contributed by atoms with van der Waals surface area (Å²) in [5.41, 5.74) is 0.653. The summed E-state index contributed by atoms with van der Waals surface area (Å²) in [5, 5.41) is 10.1. The number of hydrogen-bond donors (Lipinski definition) is 1. The molecule has 4 saturated carbocycles. The zero-order valence-corrected chi connectivity index (χ0v) is 17.0. The summed E-state index contributed by atoms with van der Waals surface area (Å²) in [6.07, 6.45) is 11.9. The monoisotopic (exact) mass is 368 g/mol. The summed E-state index contributed by atoms with van der Waals surface area (Å²) >= 11 is 0. The summed E-state index contributed by atoms with van der Waals surface area (Å²) in [6.45, 7) is 4.93. The lowest BCUT2D eigenvalue weighted by Gasteiger charge is -2.61. The van der Waals surface area contributed by atoms with E-state index in [1.54, 1.807) is 0 Å². The van der Waals surface area contributed by atoms with Gasteiger partial charge >= 0.3 is 0 Å². The summed E-state index contributed by atoms with van der Waals surface area (Å²) in [7, 11) is -2.89. The SMILES string of the molecule is C[C@]12CC[C@@H](O)C[C@@H]1CC[C@@H]1[C@@H]2CC[C@]2(C)C(CS(C)(=O)=O)CC[C@@H]12. The molecule has 0 amide bonds. The Hall–Kier alpha value is -0.0900. The van der Waals surface area contributed by atoms with Gasteiger partial charge < -0.3 is 5.11 Å².